The van der Waals surface area contributed by atoms with E-state index in [-0.39, 0.29) is 12.5 Å². The van der Waals surface area contributed by atoms with E-state index in [1.165, 1.54) is 4.90 Å². The number of nitrogens with one attached hydrogen (secondary N) is 1. The lowest BCUT2D eigenvalue weighted by molar-refractivity contribution is -0.142. The number of piperazine rings is 1. The molecule has 20 heavy (non-hydrogen) atoms. The van der Waals surface area contributed by atoms with Gasteiger partial charge in [0, 0.05) is 26.2 Å². The number of rotatable bonds is 6. The molecule has 1 atom stereocenters. The lowest BCUT2D eigenvalue weighted by atomic mass is 10.1. The van der Waals surface area contributed by atoms with Crippen LogP contribution in [0.5, 0.6) is 0 Å². The van der Waals surface area contributed by atoms with Crippen molar-refractivity contribution in [3.63, 3.8) is 0 Å². The predicted molar refractivity (Wildman–Crippen MR) is 73.3 cm³/mol. The Balaban J connectivity index is 2.79. The predicted octanol–water partition coefficient (Wildman–Crippen LogP) is 0.504. The molecule has 0 radical (unpaired) electrons. The minimum Gasteiger partial charge on any atom is -0.481 e. The third-order valence-corrected chi connectivity index (χ3v) is 3.38. The topological polar surface area (TPSA) is 90.0 Å². The molecule has 2 N–H and O–H groups in total. The van der Waals surface area contributed by atoms with Gasteiger partial charge in [-0.15, -0.1) is 0 Å². The van der Waals surface area contributed by atoms with Crippen LogP contribution in [-0.2, 0) is 9.59 Å². The second-order valence-electron chi connectivity index (χ2n) is 4.81. The van der Waals surface area contributed by atoms with Crippen LogP contribution >= 0.6 is 0 Å². The first kappa shape index (κ1) is 16.3. The number of nitrogens with zero attached hydrogens (tertiary/aromatic N) is 2. The maximum atomic E-state index is 12.5. The van der Waals surface area contributed by atoms with Gasteiger partial charge in [0.05, 0.1) is 6.42 Å². The van der Waals surface area contributed by atoms with E-state index < -0.39 is 17.9 Å². The Hall–Kier alpha value is -1.79. The highest BCUT2D eigenvalue weighted by atomic mass is 16.4. The van der Waals surface area contributed by atoms with Crippen LogP contribution in [0.2, 0.25) is 0 Å². The van der Waals surface area contributed by atoms with Crippen molar-refractivity contribution < 1.29 is 19.5 Å². The van der Waals surface area contributed by atoms with Crippen LogP contribution in [0.15, 0.2) is 0 Å². The summed E-state index contributed by atoms with van der Waals surface area (Å²) < 4.78 is 0. The van der Waals surface area contributed by atoms with Crippen molar-refractivity contribution in [1.29, 1.82) is 0 Å². The van der Waals surface area contributed by atoms with Gasteiger partial charge in [0.1, 0.15) is 6.04 Å². The van der Waals surface area contributed by atoms with Gasteiger partial charge in [-0.2, -0.15) is 0 Å². The molecule has 3 amide bonds. The van der Waals surface area contributed by atoms with E-state index in [4.69, 9.17) is 5.11 Å². The standard InChI is InChI=1S/C13H23N3O4/c1-3-5-7-15(4-2)13(20)16-8-6-14-12(19)10(16)9-11(17)18/h10H,3-9H2,1-2H3,(H,14,19)(H,17,18). The second kappa shape index (κ2) is 7.72. The number of hydrogen-bond acceptors (Lipinski definition) is 3. The Kier molecular flexibility index (Phi) is 6.27. The first-order valence-corrected chi connectivity index (χ1v) is 7.06. The first-order valence-electron chi connectivity index (χ1n) is 7.06. The van der Waals surface area contributed by atoms with Gasteiger partial charge in [-0.1, -0.05) is 13.3 Å². The van der Waals surface area contributed by atoms with E-state index in [0.29, 0.717) is 26.2 Å². The van der Waals surface area contributed by atoms with E-state index in [1.54, 1.807) is 4.90 Å². The maximum absolute atomic E-state index is 12.5. The summed E-state index contributed by atoms with van der Waals surface area (Å²) >= 11 is 0. The number of hydrogen-bond donors (Lipinski definition) is 2. The lowest BCUT2D eigenvalue weighted by Crippen LogP contribution is -2.60. The van der Waals surface area contributed by atoms with Gasteiger partial charge in [0.15, 0.2) is 0 Å². The van der Waals surface area contributed by atoms with Crippen LogP contribution in [0.25, 0.3) is 0 Å². The fraction of sp³-hybridized carbons (Fsp3) is 0.769. The normalized spacial score (nSPS) is 18.6. The molecular formula is C13H23N3O4. The van der Waals surface area contributed by atoms with E-state index in [2.05, 4.69) is 5.32 Å². The molecule has 1 aliphatic rings. The SMILES string of the molecule is CCCCN(CC)C(=O)N1CCNC(=O)C1CC(=O)O. The molecule has 1 aliphatic heterocycles. The average molecular weight is 285 g/mol. The largest absolute Gasteiger partial charge is 0.481 e. The Morgan fingerprint density at radius 1 is 1.45 bits per heavy atom. The van der Waals surface area contributed by atoms with Gasteiger partial charge in [0.25, 0.3) is 0 Å². The van der Waals surface area contributed by atoms with Crippen molar-refractivity contribution >= 4 is 17.9 Å². The second-order valence-corrected chi connectivity index (χ2v) is 4.81. The zero-order valence-electron chi connectivity index (χ0n) is 12.1. The molecule has 0 aliphatic carbocycles. The molecule has 0 spiro atoms. The van der Waals surface area contributed by atoms with E-state index in [1.807, 2.05) is 13.8 Å². The number of carboxylic acid groups (broad SMARTS) is 1. The van der Waals surface area contributed by atoms with Crippen LogP contribution in [0.1, 0.15) is 33.1 Å². The number of urea groups is 1. The van der Waals surface area contributed by atoms with Gasteiger partial charge in [0.2, 0.25) is 5.91 Å². The van der Waals surface area contributed by atoms with Gasteiger partial charge in [-0.3, -0.25) is 9.59 Å². The van der Waals surface area contributed by atoms with Crippen molar-refractivity contribution in [3.05, 3.63) is 0 Å². The molecule has 7 nitrogen and oxygen atoms in total. The summed E-state index contributed by atoms with van der Waals surface area (Å²) in [7, 11) is 0. The van der Waals surface area contributed by atoms with E-state index in [0.717, 1.165) is 12.8 Å². The third kappa shape index (κ3) is 4.11. The molecule has 1 heterocycles. The Labute approximate surface area is 118 Å². The summed E-state index contributed by atoms with van der Waals surface area (Å²) in [5.74, 6) is -1.47. The zero-order chi connectivity index (χ0) is 15.1. The van der Waals surface area contributed by atoms with Crippen molar-refractivity contribution in [3.8, 4) is 0 Å². The molecule has 114 valence electrons. The van der Waals surface area contributed by atoms with Crippen LogP contribution < -0.4 is 5.32 Å². The van der Waals surface area contributed by atoms with Crippen molar-refractivity contribution in [1.82, 2.24) is 15.1 Å². The van der Waals surface area contributed by atoms with Gasteiger partial charge < -0.3 is 20.2 Å². The maximum Gasteiger partial charge on any atom is 0.320 e. The summed E-state index contributed by atoms with van der Waals surface area (Å²) in [4.78, 5) is 38.1. The Morgan fingerprint density at radius 3 is 2.70 bits per heavy atom. The van der Waals surface area contributed by atoms with Crippen LogP contribution in [0.4, 0.5) is 4.79 Å². The molecular weight excluding hydrogens is 262 g/mol. The fourth-order valence-corrected chi connectivity index (χ4v) is 2.23. The molecule has 1 fully saturated rings. The lowest BCUT2D eigenvalue weighted by Gasteiger charge is -2.37. The fourth-order valence-electron chi connectivity index (χ4n) is 2.23. The molecule has 1 saturated heterocycles. The molecule has 1 rings (SSSR count). The smallest absolute Gasteiger partial charge is 0.320 e. The zero-order valence-corrected chi connectivity index (χ0v) is 12.1. The summed E-state index contributed by atoms with van der Waals surface area (Å²) in [5.41, 5.74) is 0. The van der Waals surface area contributed by atoms with Crippen LogP contribution in [0, 0.1) is 0 Å². The first-order chi connectivity index (χ1) is 9.51. The molecule has 0 aromatic heterocycles. The molecule has 7 heteroatoms. The number of carbonyl (C=O) groups is 3. The molecule has 0 saturated carbocycles. The van der Waals surface area contributed by atoms with Crippen LogP contribution in [-0.4, -0.2) is 65.0 Å². The monoisotopic (exact) mass is 285 g/mol. The number of unbranched alkanes of at least 4 members (excludes halogenated alkanes) is 1. The molecule has 0 aromatic rings. The average Bonchev–Trinajstić information content (AvgIpc) is 2.41. The van der Waals surface area contributed by atoms with Crippen LogP contribution in [0.3, 0.4) is 0 Å². The van der Waals surface area contributed by atoms with Crippen molar-refractivity contribution in [2.24, 2.45) is 0 Å². The quantitative estimate of drug-likeness (QED) is 0.743. The summed E-state index contributed by atoms with van der Waals surface area (Å²) in [6, 6.07) is -1.16. The summed E-state index contributed by atoms with van der Waals surface area (Å²) in [6.45, 7) is 5.82. The minimum atomic E-state index is -1.08. The van der Waals surface area contributed by atoms with Crippen molar-refractivity contribution in [2.75, 3.05) is 26.2 Å². The highest BCUT2D eigenvalue weighted by Crippen LogP contribution is 2.13. The number of aliphatic carboxylic acids is 1. The highest BCUT2D eigenvalue weighted by Gasteiger charge is 2.36. The molecule has 0 bridgehead atoms. The number of carboxylic acids is 1. The summed E-state index contributed by atoms with van der Waals surface area (Å²) in [5, 5.41) is 11.5. The van der Waals surface area contributed by atoms with E-state index in [9.17, 15) is 14.4 Å². The highest BCUT2D eigenvalue weighted by molar-refractivity contribution is 5.91. The van der Waals surface area contributed by atoms with Gasteiger partial charge in [-0.05, 0) is 13.3 Å². The minimum absolute atomic E-state index is 0.248. The van der Waals surface area contributed by atoms with Gasteiger partial charge >= 0.3 is 12.0 Å². The Bertz CT molecular complexity index is 373. The number of carbonyl (C=O) groups excluding carboxylic acids is 2. The molecule has 1 unspecified atom stereocenters. The third-order valence-electron chi connectivity index (χ3n) is 3.38. The number of amides is 3. The van der Waals surface area contributed by atoms with Gasteiger partial charge in [-0.25, -0.2) is 4.79 Å². The van der Waals surface area contributed by atoms with E-state index >= 15 is 0 Å². The summed E-state index contributed by atoms with van der Waals surface area (Å²) in [6.07, 6.45) is 1.51. The van der Waals surface area contributed by atoms with Crippen molar-refractivity contribution in [2.45, 2.75) is 39.2 Å². The Morgan fingerprint density at radius 2 is 2.15 bits per heavy atom. The molecule has 0 aromatic carbocycles.